The van der Waals surface area contributed by atoms with Crippen molar-refractivity contribution < 1.29 is 14.3 Å². The topological polar surface area (TPSA) is 89.4 Å². The Morgan fingerprint density at radius 2 is 2.00 bits per heavy atom. The number of ether oxygens (including phenoxy) is 1. The van der Waals surface area contributed by atoms with Crippen molar-refractivity contribution in [1.29, 1.82) is 0 Å². The SMILES string of the molecule is CCn1ncc(C(=O)N2CCC3(CC2)CC(CCNC(=O)c2ccncc2)CCO3)c1C. The van der Waals surface area contributed by atoms with Crippen molar-refractivity contribution in [2.24, 2.45) is 5.92 Å². The van der Waals surface area contributed by atoms with Crippen LogP contribution in [0.15, 0.2) is 30.7 Å². The van der Waals surface area contributed by atoms with Crippen molar-refractivity contribution >= 4 is 11.8 Å². The zero-order valence-electron chi connectivity index (χ0n) is 19.0. The molecule has 4 rings (SSSR count). The van der Waals surface area contributed by atoms with Crippen LogP contribution in [0, 0.1) is 12.8 Å². The summed E-state index contributed by atoms with van der Waals surface area (Å²) in [5.74, 6) is 0.541. The summed E-state index contributed by atoms with van der Waals surface area (Å²) < 4.78 is 8.13. The summed E-state index contributed by atoms with van der Waals surface area (Å²) in [5, 5.41) is 7.34. The lowest BCUT2D eigenvalue weighted by molar-refractivity contribution is -0.124. The van der Waals surface area contributed by atoms with Gasteiger partial charge in [0, 0.05) is 56.4 Å². The van der Waals surface area contributed by atoms with Crippen LogP contribution >= 0.6 is 0 Å². The number of aromatic nitrogens is 3. The molecular formula is C24H33N5O3. The summed E-state index contributed by atoms with van der Waals surface area (Å²) in [6.45, 7) is 7.58. The van der Waals surface area contributed by atoms with Crippen LogP contribution < -0.4 is 5.32 Å². The number of hydrogen-bond donors (Lipinski definition) is 1. The van der Waals surface area contributed by atoms with Crippen LogP contribution in [0.25, 0.3) is 0 Å². The van der Waals surface area contributed by atoms with Crippen molar-refractivity contribution in [3.8, 4) is 0 Å². The van der Waals surface area contributed by atoms with E-state index < -0.39 is 0 Å². The van der Waals surface area contributed by atoms with Gasteiger partial charge in [0.25, 0.3) is 11.8 Å². The molecule has 0 radical (unpaired) electrons. The lowest BCUT2D eigenvalue weighted by Gasteiger charge is -2.46. The number of nitrogens with zero attached hydrogens (tertiary/aromatic N) is 4. The van der Waals surface area contributed by atoms with Crippen molar-refractivity contribution in [3.63, 3.8) is 0 Å². The molecule has 172 valence electrons. The molecule has 2 aromatic rings. The van der Waals surface area contributed by atoms with Gasteiger partial charge in [-0.1, -0.05) is 0 Å². The number of likely N-dealkylation sites (tertiary alicyclic amines) is 1. The maximum atomic E-state index is 13.0. The molecule has 0 aliphatic carbocycles. The summed E-state index contributed by atoms with van der Waals surface area (Å²) in [6.07, 6.45) is 9.63. The summed E-state index contributed by atoms with van der Waals surface area (Å²) in [5.41, 5.74) is 2.13. The standard InChI is InChI=1S/C24H33N5O3/c1-3-29-18(2)21(17-27-29)23(31)28-13-8-24(9-14-28)16-19(7-15-32-24)4-12-26-22(30)20-5-10-25-11-6-20/h5-6,10-11,17,19H,3-4,7-9,12-16H2,1-2H3,(H,26,30). The van der Waals surface area contributed by atoms with E-state index in [1.165, 1.54) is 0 Å². The van der Waals surface area contributed by atoms with Gasteiger partial charge in [0.1, 0.15) is 0 Å². The van der Waals surface area contributed by atoms with E-state index in [2.05, 4.69) is 15.4 Å². The fourth-order valence-electron chi connectivity index (χ4n) is 4.98. The lowest BCUT2D eigenvalue weighted by Crippen LogP contribution is -2.51. The molecule has 0 saturated carbocycles. The largest absolute Gasteiger partial charge is 0.375 e. The molecule has 4 heterocycles. The van der Waals surface area contributed by atoms with Crippen LogP contribution in [0.1, 0.15) is 65.4 Å². The molecule has 8 heteroatoms. The third kappa shape index (κ3) is 4.85. The van der Waals surface area contributed by atoms with E-state index in [9.17, 15) is 9.59 Å². The first-order chi connectivity index (χ1) is 15.5. The quantitative estimate of drug-likeness (QED) is 0.748. The van der Waals surface area contributed by atoms with E-state index in [0.29, 0.717) is 36.7 Å². The molecule has 1 N–H and O–H groups in total. The summed E-state index contributed by atoms with van der Waals surface area (Å²) in [6, 6.07) is 3.45. The maximum Gasteiger partial charge on any atom is 0.257 e. The number of hydrogen-bond acceptors (Lipinski definition) is 5. The van der Waals surface area contributed by atoms with Gasteiger partial charge in [0.05, 0.1) is 17.4 Å². The molecule has 0 bridgehead atoms. The van der Waals surface area contributed by atoms with Crippen molar-refractivity contribution in [3.05, 3.63) is 47.5 Å². The van der Waals surface area contributed by atoms with E-state index >= 15 is 0 Å². The van der Waals surface area contributed by atoms with Gasteiger partial charge in [-0.15, -0.1) is 0 Å². The molecule has 2 aliphatic heterocycles. The lowest BCUT2D eigenvalue weighted by atomic mass is 9.78. The predicted molar refractivity (Wildman–Crippen MR) is 120 cm³/mol. The average molecular weight is 440 g/mol. The minimum absolute atomic E-state index is 0.0531. The Morgan fingerprint density at radius 1 is 1.25 bits per heavy atom. The molecule has 32 heavy (non-hydrogen) atoms. The van der Waals surface area contributed by atoms with Gasteiger partial charge in [-0.05, 0) is 64.0 Å². The van der Waals surface area contributed by atoms with E-state index in [0.717, 1.165) is 50.9 Å². The summed E-state index contributed by atoms with van der Waals surface area (Å²) >= 11 is 0. The monoisotopic (exact) mass is 439 g/mol. The van der Waals surface area contributed by atoms with Crippen molar-refractivity contribution in [2.45, 2.75) is 58.1 Å². The fourth-order valence-corrected chi connectivity index (χ4v) is 4.98. The Hall–Kier alpha value is -2.74. The molecule has 1 unspecified atom stereocenters. The minimum Gasteiger partial charge on any atom is -0.375 e. The average Bonchev–Trinajstić information content (AvgIpc) is 3.20. The number of rotatable bonds is 6. The predicted octanol–water partition coefficient (Wildman–Crippen LogP) is 2.83. The normalized spacial score (nSPS) is 20.3. The van der Waals surface area contributed by atoms with Gasteiger partial charge in [-0.25, -0.2) is 0 Å². The second-order valence-electron chi connectivity index (χ2n) is 8.92. The van der Waals surface area contributed by atoms with Gasteiger partial charge < -0.3 is 15.0 Å². The smallest absolute Gasteiger partial charge is 0.257 e. The number of carbonyl (C=O) groups is 2. The van der Waals surface area contributed by atoms with Crippen LogP contribution in [0.5, 0.6) is 0 Å². The highest BCUT2D eigenvalue weighted by molar-refractivity contribution is 5.95. The highest BCUT2D eigenvalue weighted by atomic mass is 16.5. The van der Waals surface area contributed by atoms with Crippen LogP contribution in [0.4, 0.5) is 0 Å². The Kier molecular flexibility index (Phi) is 6.89. The first-order valence-electron chi connectivity index (χ1n) is 11.7. The molecule has 1 spiro atoms. The highest BCUT2D eigenvalue weighted by Gasteiger charge is 2.41. The Balaban J connectivity index is 1.26. The van der Waals surface area contributed by atoms with E-state index in [1.807, 2.05) is 23.4 Å². The number of pyridine rings is 1. The second kappa shape index (κ2) is 9.81. The Labute approximate surface area is 189 Å². The summed E-state index contributed by atoms with van der Waals surface area (Å²) in [7, 11) is 0. The second-order valence-corrected chi connectivity index (χ2v) is 8.92. The zero-order valence-corrected chi connectivity index (χ0v) is 19.0. The Morgan fingerprint density at radius 3 is 2.69 bits per heavy atom. The van der Waals surface area contributed by atoms with Gasteiger partial charge in [-0.3, -0.25) is 19.3 Å². The first kappa shape index (κ1) is 22.5. The molecule has 2 fully saturated rings. The van der Waals surface area contributed by atoms with Gasteiger partial charge >= 0.3 is 0 Å². The summed E-state index contributed by atoms with van der Waals surface area (Å²) in [4.78, 5) is 31.1. The van der Waals surface area contributed by atoms with E-state index in [1.54, 1.807) is 30.7 Å². The molecule has 2 amide bonds. The zero-order chi connectivity index (χ0) is 22.6. The van der Waals surface area contributed by atoms with Gasteiger partial charge in [0.15, 0.2) is 0 Å². The third-order valence-corrected chi connectivity index (χ3v) is 6.97. The van der Waals surface area contributed by atoms with Crippen molar-refractivity contribution in [1.82, 2.24) is 25.0 Å². The van der Waals surface area contributed by atoms with E-state index in [4.69, 9.17) is 4.74 Å². The number of piperidine rings is 1. The number of carbonyl (C=O) groups excluding carboxylic acids is 2. The minimum atomic E-state index is -0.141. The Bertz CT molecular complexity index is 934. The number of nitrogens with one attached hydrogen (secondary N) is 1. The van der Waals surface area contributed by atoms with Gasteiger partial charge in [0.2, 0.25) is 0 Å². The highest BCUT2D eigenvalue weighted by Crippen LogP contribution is 2.39. The number of aryl methyl sites for hydroxylation is 1. The molecule has 1 atom stereocenters. The molecule has 2 aromatic heterocycles. The molecule has 2 aliphatic rings. The van der Waals surface area contributed by atoms with Crippen LogP contribution in [-0.4, -0.2) is 63.3 Å². The maximum absolute atomic E-state index is 13.0. The molecule has 8 nitrogen and oxygen atoms in total. The molecular weight excluding hydrogens is 406 g/mol. The molecule has 0 aromatic carbocycles. The fraction of sp³-hybridized carbons (Fsp3) is 0.583. The van der Waals surface area contributed by atoms with Crippen LogP contribution in [0.3, 0.4) is 0 Å². The van der Waals surface area contributed by atoms with E-state index in [-0.39, 0.29) is 17.4 Å². The van der Waals surface area contributed by atoms with Gasteiger partial charge in [-0.2, -0.15) is 5.10 Å². The third-order valence-electron chi connectivity index (χ3n) is 6.97. The van der Waals surface area contributed by atoms with Crippen molar-refractivity contribution in [2.75, 3.05) is 26.2 Å². The first-order valence-corrected chi connectivity index (χ1v) is 11.7. The van der Waals surface area contributed by atoms with Crippen LogP contribution in [0.2, 0.25) is 0 Å². The van der Waals surface area contributed by atoms with Crippen LogP contribution in [-0.2, 0) is 11.3 Å². The molecule has 2 saturated heterocycles. The number of amides is 2.